The van der Waals surface area contributed by atoms with Gasteiger partial charge >= 0.3 is 0 Å². The lowest BCUT2D eigenvalue weighted by atomic mass is 10.0. The van der Waals surface area contributed by atoms with Crippen LogP contribution in [0, 0.1) is 5.92 Å². The van der Waals surface area contributed by atoms with E-state index in [2.05, 4.69) is 4.72 Å². The number of piperidine rings is 1. The number of rotatable bonds is 4. The number of ether oxygens (including phenoxy) is 1. The maximum Gasteiger partial charge on any atom is 0.279 e. The Hall–Kier alpha value is -0.210. The van der Waals surface area contributed by atoms with E-state index in [1.807, 2.05) is 0 Å². The summed E-state index contributed by atoms with van der Waals surface area (Å²) in [5.74, 6) is 0.0675. The molecule has 2 heterocycles. The van der Waals surface area contributed by atoms with Gasteiger partial charge in [-0.25, -0.2) is 0 Å². The average molecular weight is 278 g/mol. The molecule has 0 aromatic carbocycles. The fraction of sp³-hybridized carbons (Fsp3) is 1.00. The van der Waals surface area contributed by atoms with Crippen LogP contribution in [0.5, 0.6) is 0 Å². The molecule has 0 aromatic rings. The molecule has 0 aliphatic carbocycles. The molecule has 2 aliphatic heterocycles. The molecule has 0 aromatic heterocycles. The van der Waals surface area contributed by atoms with Gasteiger partial charge in [-0.2, -0.15) is 17.4 Å². The van der Waals surface area contributed by atoms with Gasteiger partial charge in [-0.3, -0.25) is 0 Å². The second kappa shape index (κ2) is 6.29. The van der Waals surface area contributed by atoms with E-state index in [9.17, 15) is 8.42 Å². The maximum absolute atomic E-state index is 12.2. The Morgan fingerprint density at radius 2 is 2.17 bits per heavy atom. The topological polar surface area (TPSA) is 78.9 Å². The lowest BCUT2D eigenvalue weighted by molar-refractivity contribution is 0.0764. The van der Waals surface area contributed by atoms with Crippen LogP contribution < -0.4 is 4.72 Å². The van der Waals surface area contributed by atoms with Crippen molar-refractivity contribution in [3.63, 3.8) is 0 Å². The van der Waals surface area contributed by atoms with Crippen LogP contribution in [0.4, 0.5) is 0 Å². The molecule has 2 rings (SSSR count). The van der Waals surface area contributed by atoms with Crippen molar-refractivity contribution in [2.24, 2.45) is 5.92 Å². The van der Waals surface area contributed by atoms with Gasteiger partial charge in [-0.05, 0) is 31.6 Å². The minimum Gasteiger partial charge on any atom is -0.396 e. The SMILES string of the molecule is O=S(=O)(NC1CCCOC1)N1CCCC(CO)C1. The highest BCUT2D eigenvalue weighted by molar-refractivity contribution is 7.87. The van der Waals surface area contributed by atoms with Crippen molar-refractivity contribution in [1.82, 2.24) is 9.03 Å². The molecule has 2 atom stereocenters. The van der Waals surface area contributed by atoms with E-state index >= 15 is 0 Å². The van der Waals surface area contributed by atoms with Gasteiger partial charge in [0.25, 0.3) is 10.2 Å². The first-order valence-electron chi connectivity index (χ1n) is 6.58. The summed E-state index contributed by atoms with van der Waals surface area (Å²) < 4.78 is 33.8. The Morgan fingerprint density at radius 1 is 1.33 bits per heavy atom. The van der Waals surface area contributed by atoms with Gasteiger partial charge in [0.15, 0.2) is 0 Å². The summed E-state index contributed by atoms with van der Waals surface area (Å²) in [5, 5.41) is 9.13. The smallest absolute Gasteiger partial charge is 0.279 e. The van der Waals surface area contributed by atoms with Gasteiger partial charge in [0.05, 0.1) is 6.61 Å². The molecule has 2 unspecified atom stereocenters. The summed E-state index contributed by atoms with van der Waals surface area (Å²) in [6.45, 7) is 2.18. The predicted octanol–water partition coefficient (Wildman–Crippen LogP) is -0.296. The molecule has 0 spiro atoms. The van der Waals surface area contributed by atoms with Crippen LogP contribution >= 0.6 is 0 Å². The van der Waals surface area contributed by atoms with Crippen LogP contribution in [-0.4, -0.2) is 56.8 Å². The molecule has 18 heavy (non-hydrogen) atoms. The quantitative estimate of drug-likeness (QED) is 0.740. The fourth-order valence-electron chi connectivity index (χ4n) is 2.51. The highest BCUT2D eigenvalue weighted by atomic mass is 32.2. The lowest BCUT2D eigenvalue weighted by Crippen LogP contribution is -2.51. The van der Waals surface area contributed by atoms with E-state index in [1.165, 1.54) is 4.31 Å². The molecule has 2 fully saturated rings. The lowest BCUT2D eigenvalue weighted by Gasteiger charge is -2.33. The van der Waals surface area contributed by atoms with Crippen molar-refractivity contribution in [3.05, 3.63) is 0 Å². The number of aliphatic hydroxyl groups is 1. The van der Waals surface area contributed by atoms with E-state index in [0.29, 0.717) is 26.3 Å². The van der Waals surface area contributed by atoms with Crippen LogP contribution in [0.15, 0.2) is 0 Å². The molecule has 2 saturated heterocycles. The van der Waals surface area contributed by atoms with Crippen molar-refractivity contribution in [2.75, 3.05) is 32.9 Å². The molecule has 0 bridgehead atoms. The fourth-order valence-corrected chi connectivity index (χ4v) is 4.05. The van der Waals surface area contributed by atoms with E-state index in [1.54, 1.807) is 0 Å². The van der Waals surface area contributed by atoms with Crippen LogP contribution in [0.2, 0.25) is 0 Å². The van der Waals surface area contributed by atoms with Gasteiger partial charge in [0, 0.05) is 32.3 Å². The van der Waals surface area contributed by atoms with E-state index in [4.69, 9.17) is 9.84 Å². The van der Waals surface area contributed by atoms with Crippen LogP contribution in [-0.2, 0) is 14.9 Å². The molecule has 2 N–H and O–H groups in total. The molecule has 0 amide bonds. The first-order chi connectivity index (χ1) is 8.62. The van der Waals surface area contributed by atoms with Crippen LogP contribution in [0.1, 0.15) is 25.7 Å². The Morgan fingerprint density at radius 3 is 2.83 bits per heavy atom. The van der Waals surface area contributed by atoms with Crippen molar-refractivity contribution >= 4 is 10.2 Å². The van der Waals surface area contributed by atoms with E-state index < -0.39 is 10.2 Å². The third kappa shape index (κ3) is 3.64. The third-order valence-corrected chi connectivity index (χ3v) is 5.20. The number of nitrogens with one attached hydrogen (secondary N) is 1. The number of hydrogen-bond donors (Lipinski definition) is 2. The zero-order chi connectivity index (χ0) is 13.0. The first kappa shape index (κ1) is 14.2. The van der Waals surface area contributed by atoms with Crippen molar-refractivity contribution in [3.8, 4) is 0 Å². The molecule has 6 nitrogen and oxygen atoms in total. The summed E-state index contributed by atoms with van der Waals surface area (Å²) in [6.07, 6.45) is 3.44. The molecular weight excluding hydrogens is 256 g/mol. The summed E-state index contributed by atoms with van der Waals surface area (Å²) in [6, 6.07) is -0.113. The normalized spacial score (nSPS) is 31.4. The van der Waals surface area contributed by atoms with Gasteiger partial charge in [-0.1, -0.05) is 0 Å². The summed E-state index contributed by atoms with van der Waals surface area (Å²) in [4.78, 5) is 0. The zero-order valence-corrected chi connectivity index (χ0v) is 11.4. The van der Waals surface area contributed by atoms with Crippen molar-refractivity contribution < 1.29 is 18.3 Å². The van der Waals surface area contributed by atoms with Crippen molar-refractivity contribution in [1.29, 1.82) is 0 Å². The summed E-state index contributed by atoms with van der Waals surface area (Å²) in [7, 11) is -3.43. The largest absolute Gasteiger partial charge is 0.396 e. The zero-order valence-electron chi connectivity index (χ0n) is 10.5. The Bertz CT molecular complexity index is 354. The predicted molar refractivity (Wildman–Crippen MR) is 67.3 cm³/mol. The van der Waals surface area contributed by atoms with E-state index in [-0.39, 0.29) is 18.6 Å². The average Bonchev–Trinajstić information content (AvgIpc) is 2.39. The molecular formula is C11H22N2O4S. The standard InChI is InChI=1S/C11H22N2O4S/c14-8-10-3-1-5-13(7-10)18(15,16)12-11-4-2-6-17-9-11/h10-12,14H,1-9H2. The summed E-state index contributed by atoms with van der Waals surface area (Å²) in [5.41, 5.74) is 0. The molecule has 2 aliphatic rings. The number of nitrogens with zero attached hydrogens (tertiary/aromatic N) is 1. The minimum absolute atomic E-state index is 0.0541. The Kier molecular flexibility index (Phi) is 4.97. The maximum atomic E-state index is 12.2. The van der Waals surface area contributed by atoms with Gasteiger partial charge in [0.1, 0.15) is 0 Å². The van der Waals surface area contributed by atoms with Gasteiger partial charge in [0.2, 0.25) is 0 Å². The molecule has 0 saturated carbocycles. The second-order valence-corrected chi connectivity index (χ2v) is 6.79. The van der Waals surface area contributed by atoms with E-state index in [0.717, 1.165) is 25.7 Å². The number of aliphatic hydroxyl groups excluding tert-OH is 1. The Labute approximate surface area is 108 Å². The first-order valence-corrected chi connectivity index (χ1v) is 8.02. The second-order valence-electron chi connectivity index (χ2n) is 5.09. The van der Waals surface area contributed by atoms with Gasteiger partial charge in [-0.15, -0.1) is 0 Å². The summed E-state index contributed by atoms with van der Waals surface area (Å²) >= 11 is 0. The van der Waals surface area contributed by atoms with Crippen molar-refractivity contribution in [2.45, 2.75) is 31.7 Å². The van der Waals surface area contributed by atoms with Gasteiger partial charge < -0.3 is 9.84 Å². The highest BCUT2D eigenvalue weighted by Crippen LogP contribution is 2.19. The third-order valence-electron chi connectivity index (χ3n) is 3.56. The Balaban J connectivity index is 1.92. The number of hydrogen-bond acceptors (Lipinski definition) is 4. The monoisotopic (exact) mass is 278 g/mol. The van der Waals surface area contributed by atoms with Crippen LogP contribution in [0.25, 0.3) is 0 Å². The molecule has 0 radical (unpaired) electrons. The molecule has 106 valence electrons. The highest BCUT2D eigenvalue weighted by Gasteiger charge is 2.30. The van der Waals surface area contributed by atoms with Crippen LogP contribution in [0.3, 0.4) is 0 Å². The minimum atomic E-state index is -3.43. The molecule has 7 heteroatoms.